The molecule has 0 bridgehead atoms. The quantitative estimate of drug-likeness (QED) is 0.744. The highest BCUT2D eigenvalue weighted by atomic mass is 127. The molecule has 0 heterocycles. The van der Waals surface area contributed by atoms with E-state index in [4.69, 9.17) is 4.74 Å². The highest BCUT2D eigenvalue weighted by Gasteiger charge is 2.21. The first-order chi connectivity index (χ1) is 10.3. The normalized spacial score (nSPS) is 11.3. The standard InChI is InChI=1S/C16H18INO3S/c1-10-9-15(11(2)12(3)16(10)21-4)22(19,20)18-14-7-5-13(17)6-8-14/h5-9,18H,1-4H3. The zero-order valence-electron chi connectivity index (χ0n) is 12.9. The van der Waals surface area contributed by atoms with Crippen LogP contribution < -0.4 is 9.46 Å². The summed E-state index contributed by atoms with van der Waals surface area (Å²) >= 11 is 2.18. The van der Waals surface area contributed by atoms with Gasteiger partial charge in [-0.2, -0.15) is 0 Å². The summed E-state index contributed by atoms with van der Waals surface area (Å²) in [5, 5.41) is 0. The Morgan fingerprint density at radius 3 is 2.18 bits per heavy atom. The first-order valence-electron chi connectivity index (χ1n) is 6.69. The molecule has 0 spiro atoms. The summed E-state index contributed by atoms with van der Waals surface area (Å²) in [7, 11) is -2.04. The molecule has 2 rings (SSSR count). The van der Waals surface area contributed by atoms with Gasteiger partial charge in [0.25, 0.3) is 10.0 Å². The summed E-state index contributed by atoms with van der Waals surface area (Å²) in [4.78, 5) is 0.279. The molecule has 4 nitrogen and oxygen atoms in total. The van der Waals surface area contributed by atoms with Gasteiger partial charge in [-0.25, -0.2) is 8.42 Å². The SMILES string of the molecule is COc1c(C)cc(S(=O)(=O)Nc2ccc(I)cc2)c(C)c1C. The maximum absolute atomic E-state index is 12.7. The average Bonchev–Trinajstić information content (AvgIpc) is 2.45. The molecule has 0 aromatic heterocycles. The number of anilines is 1. The summed E-state index contributed by atoms with van der Waals surface area (Å²) in [5.74, 6) is 0.728. The van der Waals surface area contributed by atoms with Crippen molar-refractivity contribution in [3.05, 3.63) is 50.6 Å². The highest BCUT2D eigenvalue weighted by Crippen LogP contribution is 2.31. The molecule has 1 N–H and O–H groups in total. The molecule has 0 aliphatic carbocycles. The van der Waals surface area contributed by atoms with Gasteiger partial charge in [-0.3, -0.25) is 4.72 Å². The Kier molecular flexibility index (Phi) is 5.01. The Hall–Kier alpha value is -1.28. The van der Waals surface area contributed by atoms with E-state index in [1.807, 2.05) is 26.0 Å². The van der Waals surface area contributed by atoms with Gasteiger partial charge in [0.1, 0.15) is 5.75 Å². The van der Waals surface area contributed by atoms with Crippen molar-refractivity contribution in [2.45, 2.75) is 25.7 Å². The molecule has 0 saturated carbocycles. The molecular weight excluding hydrogens is 413 g/mol. The van der Waals surface area contributed by atoms with Crippen molar-refractivity contribution in [3.63, 3.8) is 0 Å². The Morgan fingerprint density at radius 2 is 1.64 bits per heavy atom. The van der Waals surface area contributed by atoms with Gasteiger partial charge >= 0.3 is 0 Å². The molecule has 0 amide bonds. The number of aryl methyl sites for hydroxylation is 1. The van der Waals surface area contributed by atoms with Crippen LogP contribution in [0.15, 0.2) is 35.2 Å². The Morgan fingerprint density at radius 1 is 1.05 bits per heavy atom. The third kappa shape index (κ3) is 3.38. The summed E-state index contributed by atoms with van der Waals surface area (Å²) in [5.41, 5.74) is 2.88. The fourth-order valence-corrected chi connectivity index (χ4v) is 4.15. The number of hydrogen-bond acceptors (Lipinski definition) is 3. The van der Waals surface area contributed by atoms with Crippen LogP contribution in [0.3, 0.4) is 0 Å². The summed E-state index contributed by atoms with van der Waals surface area (Å²) in [6.45, 7) is 5.50. The molecule has 0 radical (unpaired) electrons. The van der Waals surface area contributed by atoms with E-state index in [-0.39, 0.29) is 4.90 Å². The zero-order valence-corrected chi connectivity index (χ0v) is 15.9. The van der Waals surface area contributed by atoms with E-state index in [2.05, 4.69) is 27.3 Å². The summed E-state index contributed by atoms with van der Waals surface area (Å²) in [6, 6.07) is 8.86. The number of sulfonamides is 1. The predicted octanol–water partition coefficient (Wildman–Crippen LogP) is 4.03. The minimum absolute atomic E-state index is 0.279. The van der Waals surface area contributed by atoms with Crippen molar-refractivity contribution in [2.75, 3.05) is 11.8 Å². The molecule has 0 saturated heterocycles. The number of rotatable bonds is 4. The van der Waals surface area contributed by atoms with Gasteiger partial charge in [0.2, 0.25) is 0 Å². The van der Waals surface area contributed by atoms with Gasteiger partial charge < -0.3 is 4.74 Å². The van der Waals surface area contributed by atoms with Crippen LogP contribution >= 0.6 is 22.6 Å². The Labute approximate surface area is 145 Å². The smallest absolute Gasteiger partial charge is 0.262 e. The van der Waals surface area contributed by atoms with Crippen molar-refractivity contribution in [3.8, 4) is 5.75 Å². The van der Waals surface area contributed by atoms with E-state index in [1.54, 1.807) is 32.2 Å². The number of methoxy groups -OCH3 is 1. The van der Waals surface area contributed by atoms with Crippen LogP contribution in [-0.2, 0) is 10.0 Å². The van der Waals surface area contributed by atoms with Crippen molar-refractivity contribution in [2.24, 2.45) is 0 Å². The van der Waals surface area contributed by atoms with Crippen LogP contribution in [0.2, 0.25) is 0 Å². The topological polar surface area (TPSA) is 55.4 Å². The molecule has 0 fully saturated rings. The van der Waals surface area contributed by atoms with E-state index in [1.165, 1.54) is 0 Å². The van der Waals surface area contributed by atoms with Crippen LogP contribution in [-0.4, -0.2) is 15.5 Å². The number of halogens is 1. The molecule has 2 aromatic carbocycles. The number of nitrogens with one attached hydrogen (secondary N) is 1. The molecule has 0 atom stereocenters. The summed E-state index contributed by atoms with van der Waals surface area (Å²) in [6.07, 6.45) is 0. The van der Waals surface area contributed by atoms with Crippen molar-refractivity contribution >= 4 is 38.3 Å². The third-order valence-corrected chi connectivity index (χ3v) is 5.80. The van der Waals surface area contributed by atoms with Gasteiger partial charge in [0, 0.05) is 9.26 Å². The van der Waals surface area contributed by atoms with Crippen molar-refractivity contribution in [1.29, 1.82) is 0 Å². The fraction of sp³-hybridized carbons (Fsp3) is 0.250. The lowest BCUT2D eigenvalue weighted by Crippen LogP contribution is -2.15. The van der Waals surface area contributed by atoms with E-state index in [0.717, 1.165) is 20.4 Å². The number of hydrogen-bond donors (Lipinski definition) is 1. The van der Waals surface area contributed by atoms with Gasteiger partial charge in [-0.05, 0) is 90.4 Å². The predicted molar refractivity (Wildman–Crippen MR) is 97.2 cm³/mol. The van der Waals surface area contributed by atoms with Gasteiger partial charge in [0.15, 0.2) is 0 Å². The molecule has 0 unspecified atom stereocenters. The number of benzene rings is 2. The maximum Gasteiger partial charge on any atom is 0.262 e. The van der Waals surface area contributed by atoms with Crippen molar-refractivity contribution in [1.82, 2.24) is 0 Å². The van der Waals surface area contributed by atoms with Crippen LogP contribution in [0.4, 0.5) is 5.69 Å². The highest BCUT2D eigenvalue weighted by molar-refractivity contribution is 14.1. The van der Waals surface area contributed by atoms with E-state index in [0.29, 0.717) is 11.3 Å². The van der Waals surface area contributed by atoms with Crippen LogP contribution in [0.25, 0.3) is 0 Å². The lowest BCUT2D eigenvalue weighted by Gasteiger charge is -2.16. The second-order valence-corrected chi connectivity index (χ2v) is 7.98. The van der Waals surface area contributed by atoms with E-state index in [9.17, 15) is 8.42 Å². The van der Waals surface area contributed by atoms with Gasteiger partial charge in [-0.1, -0.05) is 0 Å². The largest absolute Gasteiger partial charge is 0.496 e. The molecule has 118 valence electrons. The minimum atomic E-state index is -3.63. The van der Waals surface area contributed by atoms with E-state index >= 15 is 0 Å². The monoisotopic (exact) mass is 431 g/mol. The van der Waals surface area contributed by atoms with E-state index < -0.39 is 10.0 Å². The van der Waals surface area contributed by atoms with Crippen molar-refractivity contribution < 1.29 is 13.2 Å². The minimum Gasteiger partial charge on any atom is -0.496 e. The van der Waals surface area contributed by atoms with Gasteiger partial charge in [-0.15, -0.1) is 0 Å². The molecular formula is C16H18INO3S. The first kappa shape index (κ1) is 17.1. The second-order valence-electron chi connectivity index (χ2n) is 5.09. The second kappa shape index (κ2) is 6.45. The fourth-order valence-electron chi connectivity index (χ4n) is 2.34. The third-order valence-electron chi connectivity index (χ3n) is 3.57. The molecule has 22 heavy (non-hydrogen) atoms. The first-order valence-corrected chi connectivity index (χ1v) is 9.25. The molecule has 6 heteroatoms. The Bertz CT molecular complexity index is 799. The summed E-state index contributed by atoms with van der Waals surface area (Å²) < 4.78 is 34.3. The van der Waals surface area contributed by atoms with Crippen LogP contribution in [0.1, 0.15) is 16.7 Å². The van der Waals surface area contributed by atoms with Gasteiger partial charge in [0.05, 0.1) is 12.0 Å². The lowest BCUT2D eigenvalue weighted by atomic mass is 10.1. The Balaban J connectivity index is 2.48. The molecule has 0 aliphatic heterocycles. The average molecular weight is 431 g/mol. The van der Waals surface area contributed by atoms with Crippen LogP contribution in [0.5, 0.6) is 5.75 Å². The molecule has 0 aliphatic rings. The molecule has 2 aromatic rings. The maximum atomic E-state index is 12.7. The lowest BCUT2D eigenvalue weighted by molar-refractivity contribution is 0.407. The zero-order chi connectivity index (χ0) is 16.5. The van der Waals surface area contributed by atoms with Crippen LogP contribution in [0, 0.1) is 24.3 Å². The number of ether oxygens (including phenoxy) is 1.